The van der Waals surface area contributed by atoms with E-state index in [4.69, 9.17) is 9.78 Å². The zero-order valence-electron chi connectivity index (χ0n) is 13.3. The summed E-state index contributed by atoms with van der Waals surface area (Å²) in [5, 5.41) is 5.37. The van der Waals surface area contributed by atoms with Crippen LogP contribution in [0.1, 0.15) is 19.4 Å². The Kier molecular flexibility index (Phi) is 6.53. The van der Waals surface area contributed by atoms with Gasteiger partial charge in [-0.3, -0.25) is 5.32 Å². The lowest BCUT2D eigenvalue weighted by Gasteiger charge is -2.08. The maximum atomic E-state index is 11.6. The molecule has 0 saturated carbocycles. The number of nitrogens with one attached hydrogen (secondary N) is 2. The number of aromatic nitrogens is 1. The molecule has 0 saturated heterocycles. The molecular weight excluding hydrogens is 294 g/mol. The fourth-order valence-corrected chi connectivity index (χ4v) is 2.03. The van der Waals surface area contributed by atoms with Gasteiger partial charge in [-0.05, 0) is 48.7 Å². The Morgan fingerprint density at radius 3 is 2.74 bits per heavy atom. The largest absolute Gasteiger partial charge is 0.338 e. The Bertz CT molecular complexity index is 646. The van der Waals surface area contributed by atoms with E-state index in [1.807, 2.05) is 50.2 Å². The van der Waals surface area contributed by atoms with Crippen LogP contribution in [0.4, 0.5) is 10.6 Å². The first-order valence-corrected chi connectivity index (χ1v) is 7.57. The number of nitrogens with zero attached hydrogens (tertiary/aromatic N) is 1. The third-order valence-electron chi connectivity index (χ3n) is 3.03. The number of rotatable bonds is 7. The minimum absolute atomic E-state index is 0.268. The van der Waals surface area contributed by atoms with Gasteiger partial charge in [0.1, 0.15) is 12.4 Å². The maximum Gasteiger partial charge on any atom is 0.320 e. The first kappa shape index (κ1) is 16.9. The van der Waals surface area contributed by atoms with E-state index in [0.717, 1.165) is 16.7 Å². The molecule has 2 aromatic rings. The zero-order chi connectivity index (χ0) is 16.5. The molecule has 0 aliphatic heterocycles. The number of anilines is 1. The summed E-state index contributed by atoms with van der Waals surface area (Å²) in [5.74, 6) is 0.504. The van der Waals surface area contributed by atoms with Crippen LogP contribution in [0.15, 0.2) is 42.6 Å². The van der Waals surface area contributed by atoms with E-state index in [2.05, 4.69) is 15.6 Å². The highest BCUT2D eigenvalue weighted by Crippen LogP contribution is 2.22. The van der Waals surface area contributed by atoms with E-state index < -0.39 is 0 Å². The molecule has 23 heavy (non-hydrogen) atoms. The van der Waals surface area contributed by atoms with Crippen LogP contribution in [0.2, 0.25) is 0 Å². The Morgan fingerprint density at radius 2 is 1.96 bits per heavy atom. The normalized spacial score (nSPS) is 10.3. The molecule has 1 aromatic carbocycles. The van der Waals surface area contributed by atoms with Crippen LogP contribution >= 0.6 is 0 Å². The Hall–Kier alpha value is -2.44. The third kappa shape index (κ3) is 5.36. The van der Waals surface area contributed by atoms with Gasteiger partial charge in [0.25, 0.3) is 0 Å². The molecular formula is C17H21N3O3. The molecule has 2 amide bonds. The predicted octanol–water partition coefficient (Wildman–Crippen LogP) is 3.36. The van der Waals surface area contributed by atoms with E-state index in [9.17, 15) is 4.79 Å². The van der Waals surface area contributed by atoms with Crippen molar-refractivity contribution in [2.45, 2.75) is 20.5 Å². The molecule has 0 unspecified atom stereocenters. The molecule has 2 N–H and O–H groups in total. The number of carbonyl (C=O) groups is 1. The van der Waals surface area contributed by atoms with Crippen molar-refractivity contribution < 1.29 is 14.6 Å². The van der Waals surface area contributed by atoms with Crippen molar-refractivity contribution in [2.75, 3.05) is 18.5 Å². The lowest BCUT2D eigenvalue weighted by Crippen LogP contribution is -2.28. The number of hydrogen-bond acceptors (Lipinski definition) is 4. The van der Waals surface area contributed by atoms with Gasteiger partial charge in [0.15, 0.2) is 0 Å². The summed E-state index contributed by atoms with van der Waals surface area (Å²) >= 11 is 0. The maximum absolute atomic E-state index is 11.6. The van der Waals surface area contributed by atoms with Gasteiger partial charge in [-0.1, -0.05) is 18.2 Å². The summed E-state index contributed by atoms with van der Waals surface area (Å²) in [6.07, 6.45) is 1.67. The van der Waals surface area contributed by atoms with Crippen molar-refractivity contribution in [3.63, 3.8) is 0 Å². The fourth-order valence-electron chi connectivity index (χ4n) is 2.03. The van der Waals surface area contributed by atoms with E-state index >= 15 is 0 Å². The number of benzene rings is 1. The Morgan fingerprint density at radius 1 is 1.13 bits per heavy atom. The highest BCUT2D eigenvalue weighted by Gasteiger charge is 2.05. The highest BCUT2D eigenvalue weighted by atomic mass is 17.2. The summed E-state index contributed by atoms with van der Waals surface area (Å²) in [4.78, 5) is 25.7. The average molecular weight is 315 g/mol. The van der Waals surface area contributed by atoms with Crippen molar-refractivity contribution in [1.29, 1.82) is 0 Å². The van der Waals surface area contributed by atoms with E-state index in [-0.39, 0.29) is 6.03 Å². The molecule has 1 heterocycles. The van der Waals surface area contributed by atoms with Crippen LogP contribution in [0.3, 0.4) is 0 Å². The van der Waals surface area contributed by atoms with Gasteiger partial charge in [0.2, 0.25) is 0 Å². The second-order valence-corrected chi connectivity index (χ2v) is 4.78. The van der Waals surface area contributed by atoms with Gasteiger partial charge in [0.05, 0.1) is 6.61 Å². The number of amides is 2. The van der Waals surface area contributed by atoms with Crippen molar-refractivity contribution in [3.8, 4) is 11.1 Å². The van der Waals surface area contributed by atoms with Gasteiger partial charge < -0.3 is 5.32 Å². The van der Waals surface area contributed by atoms with Crippen molar-refractivity contribution in [1.82, 2.24) is 10.3 Å². The quantitative estimate of drug-likeness (QED) is 0.467. The molecule has 0 spiro atoms. The SMILES string of the molecule is CCNC(=O)Nc1cc(-c2cccc(COOCC)c2)ccn1. The molecule has 0 aliphatic carbocycles. The van der Waals surface area contributed by atoms with Crippen LogP contribution in [0.5, 0.6) is 0 Å². The topological polar surface area (TPSA) is 72.5 Å². The molecule has 2 rings (SSSR count). The molecule has 6 heteroatoms. The third-order valence-corrected chi connectivity index (χ3v) is 3.03. The first-order valence-electron chi connectivity index (χ1n) is 7.57. The number of carbonyl (C=O) groups excluding carboxylic acids is 1. The van der Waals surface area contributed by atoms with Crippen molar-refractivity contribution >= 4 is 11.8 Å². The number of urea groups is 1. The molecule has 0 bridgehead atoms. The first-order chi connectivity index (χ1) is 11.2. The zero-order valence-corrected chi connectivity index (χ0v) is 13.3. The lowest BCUT2D eigenvalue weighted by atomic mass is 10.0. The molecule has 0 atom stereocenters. The summed E-state index contributed by atoms with van der Waals surface area (Å²) in [7, 11) is 0. The van der Waals surface area contributed by atoms with Crippen LogP contribution in [-0.4, -0.2) is 24.2 Å². The second kappa shape index (κ2) is 8.87. The molecule has 6 nitrogen and oxygen atoms in total. The summed E-state index contributed by atoms with van der Waals surface area (Å²) in [6, 6.07) is 11.4. The van der Waals surface area contributed by atoms with Gasteiger partial charge in [-0.2, -0.15) is 0 Å². The monoisotopic (exact) mass is 315 g/mol. The molecule has 1 aromatic heterocycles. The van der Waals surface area contributed by atoms with Crippen LogP contribution in [0.25, 0.3) is 11.1 Å². The predicted molar refractivity (Wildman–Crippen MR) is 88.8 cm³/mol. The summed E-state index contributed by atoms with van der Waals surface area (Å²) in [5.41, 5.74) is 2.99. The lowest BCUT2D eigenvalue weighted by molar-refractivity contribution is -0.300. The Labute approximate surface area is 135 Å². The molecule has 0 fully saturated rings. The van der Waals surface area contributed by atoms with Crippen LogP contribution in [0, 0.1) is 0 Å². The highest BCUT2D eigenvalue weighted by molar-refractivity contribution is 5.88. The minimum Gasteiger partial charge on any atom is -0.338 e. The van der Waals surface area contributed by atoms with Crippen molar-refractivity contribution in [3.05, 3.63) is 48.2 Å². The van der Waals surface area contributed by atoms with E-state index in [1.165, 1.54) is 0 Å². The number of pyridine rings is 1. The van der Waals surface area contributed by atoms with Crippen LogP contribution in [-0.2, 0) is 16.4 Å². The minimum atomic E-state index is -0.268. The standard InChI is InChI=1S/C17H21N3O3/c1-3-18-17(21)20-16-11-15(8-9-19-16)14-7-5-6-13(10-14)12-23-22-4-2/h5-11H,3-4,12H2,1-2H3,(H2,18,19,20,21). The summed E-state index contributed by atoms with van der Waals surface area (Å²) < 4.78 is 0. The molecule has 0 radical (unpaired) electrons. The van der Waals surface area contributed by atoms with E-state index in [1.54, 1.807) is 6.20 Å². The van der Waals surface area contributed by atoms with Gasteiger partial charge in [-0.15, -0.1) is 0 Å². The fraction of sp³-hybridized carbons (Fsp3) is 0.294. The molecule has 122 valence electrons. The summed E-state index contributed by atoms with van der Waals surface area (Å²) in [6.45, 7) is 5.19. The number of hydrogen-bond donors (Lipinski definition) is 2. The van der Waals surface area contributed by atoms with Gasteiger partial charge >= 0.3 is 6.03 Å². The average Bonchev–Trinajstić information content (AvgIpc) is 2.56. The van der Waals surface area contributed by atoms with Crippen LogP contribution < -0.4 is 10.6 Å². The second-order valence-electron chi connectivity index (χ2n) is 4.78. The molecule has 0 aliphatic rings. The Balaban J connectivity index is 2.12. The van der Waals surface area contributed by atoms with Crippen molar-refractivity contribution in [2.24, 2.45) is 0 Å². The van der Waals surface area contributed by atoms with Gasteiger partial charge in [0, 0.05) is 12.7 Å². The van der Waals surface area contributed by atoms with E-state index in [0.29, 0.717) is 25.6 Å². The van der Waals surface area contributed by atoms with Gasteiger partial charge in [-0.25, -0.2) is 19.6 Å². The smallest absolute Gasteiger partial charge is 0.320 e.